The maximum absolute atomic E-state index is 12.7. The molecule has 0 unspecified atom stereocenters. The number of nitrogens with one attached hydrogen (secondary N) is 1. The molecule has 4 nitrogen and oxygen atoms in total. The van der Waals surface area contributed by atoms with Crippen LogP contribution in [0.15, 0.2) is 40.6 Å². The first kappa shape index (κ1) is 17.6. The molecule has 0 radical (unpaired) electrons. The molecular formula is C18H23NO3S2. The van der Waals surface area contributed by atoms with E-state index in [9.17, 15) is 8.42 Å². The highest BCUT2D eigenvalue weighted by molar-refractivity contribution is 7.89. The fraction of sp³-hybridized carbons (Fsp3) is 0.444. The second-order valence-electron chi connectivity index (χ2n) is 6.44. The molecule has 0 bridgehead atoms. The van der Waals surface area contributed by atoms with Gasteiger partial charge in [0.25, 0.3) is 0 Å². The zero-order valence-corrected chi connectivity index (χ0v) is 15.7. The lowest BCUT2D eigenvalue weighted by molar-refractivity contribution is 0.0529. The minimum Gasteiger partial charge on any atom is -0.381 e. The van der Waals surface area contributed by atoms with E-state index in [1.54, 1.807) is 23.5 Å². The van der Waals surface area contributed by atoms with Crippen molar-refractivity contribution in [3.05, 3.63) is 51.7 Å². The molecule has 3 rings (SSSR count). The van der Waals surface area contributed by atoms with Crippen molar-refractivity contribution in [3.63, 3.8) is 0 Å². The van der Waals surface area contributed by atoms with Gasteiger partial charge in [0, 0.05) is 30.1 Å². The summed E-state index contributed by atoms with van der Waals surface area (Å²) in [6.07, 6.45) is 1.67. The Balaban J connectivity index is 1.82. The fourth-order valence-electron chi connectivity index (χ4n) is 3.05. The summed E-state index contributed by atoms with van der Waals surface area (Å²) in [4.78, 5) is 1.56. The predicted octanol–water partition coefficient (Wildman–Crippen LogP) is 3.39. The lowest BCUT2D eigenvalue weighted by Gasteiger charge is -2.36. The molecule has 0 atom stereocenters. The first-order valence-electron chi connectivity index (χ1n) is 8.12. The van der Waals surface area contributed by atoms with E-state index in [1.165, 1.54) is 4.88 Å². The van der Waals surface area contributed by atoms with Gasteiger partial charge in [-0.3, -0.25) is 0 Å². The van der Waals surface area contributed by atoms with Crippen molar-refractivity contribution in [1.29, 1.82) is 0 Å². The molecule has 2 heterocycles. The van der Waals surface area contributed by atoms with E-state index in [1.807, 2.05) is 31.4 Å². The maximum atomic E-state index is 12.7. The molecule has 0 saturated carbocycles. The van der Waals surface area contributed by atoms with Crippen LogP contribution in [0.2, 0.25) is 0 Å². The maximum Gasteiger partial charge on any atom is 0.240 e. The molecule has 24 heavy (non-hydrogen) atoms. The second-order valence-corrected chi connectivity index (χ2v) is 9.16. The predicted molar refractivity (Wildman–Crippen MR) is 97.2 cm³/mol. The van der Waals surface area contributed by atoms with E-state index in [-0.39, 0.29) is 5.41 Å². The summed E-state index contributed by atoms with van der Waals surface area (Å²) in [6, 6.07) is 9.38. The van der Waals surface area contributed by atoms with Gasteiger partial charge >= 0.3 is 0 Å². The summed E-state index contributed by atoms with van der Waals surface area (Å²) in [6.45, 7) is 5.66. The lowest BCUT2D eigenvalue weighted by Crippen LogP contribution is -2.44. The number of hydrogen-bond acceptors (Lipinski definition) is 4. The smallest absolute Gasteiger partial charge is 0.240 e. The highest BCUT2D eigenvalue weighted by atomic mass is 32.2. The van der Waals surface area contributed by atoms with Crippen LogP contribution in [-0.4, -0.2) is 28.2 Å². The third-order valence-electron chi connectivity index (χ3n) is 4.88. The van der Waals surface area contributed by atoms with E-state index in [4.69, 9.17) is 4.74 Å². The van der Waals surface area contributed by atoms with Crippen molar-refractivity contribution in [2.45, 2.75) is 37.0 Å². The largest absolute Gasteiger partial charge is 0.381 e. The Morgan fingerprint density at radius 1 is 1.17 bits per heavy atom. The topological polar surface area (TPSA) is 55.4 Å². The van der Waals surface area contributed by atoms with Crippen molar-refractivity contribution in [2.75, 3.05) is 19.8 Å². The Morgan fingerprint density at radius 3 is 2.54 bits per heavy atom. The van der Waals surface area contributed by atoms with Crippen molar-refractivity contribution in [2.24, 2.45) is 0 Å². The van der Waals surface area contributed by atoms with Crippen LogP contribution in [0, 0.1) is 13.8 Å². The van der Waals surface area contributed by atoms with Gasteiger partial charge in [0.05, 0.1) is 4.90 Å². The van der Waals surface area contributed by atoms with E-state index >= 15 is 0 Å². The van der Waals surface area contributed by atoms with E-state index < -0.39 is 10.0 Å². The van der Waals surface area contributed by atoms with Gasteiger partial charge in [-0.2, -0.15) is 0 Å². The summed E-state index contributed by atoms with van der Waals surface area (Å²) < 4.78 is 33.8. The van der Waals surface area contributed by atoms with Crippen LogP contribution < -0.4 is 4.72 Å². The van der Waals surface area contributed by atoms with Gasteiger partial charge in [-0.1, -0.05) is 12.1 Å². The lowest BCUT2D eigenvalue weighted by atomic mass is 9.79. The highest BCUT2D eigenvalue weighted by Gasteiger charge is 2.36. The fourth-order valence-corrected chi connectivity index (χ4v) is 5.25. The SMILES string of the molecule is Cc1ccc(S(=O)(=O)NCC2(c3cccs3)CCOCC2)cc1C. The summed E-state index contributed by atoms with van der Waals surface area (Å²) in [5.74, 6) is 0. The first-order chi connectivity index (χ1) is 11.4. The third-order valence-corrected chi connectivity index (χ3v) is 7.40. The van der Waals surface area contributed by atoms with Crippen LogP contribution in [0.5, 0.6) is 0 Å². The molecule has 1 saturated heterocycles. The molecule has 0 amide bonds. The molecule has 130 valence electrons. The van der Waals surface area contributed by atoms with Crippen molar-refractivity contribution < 1.29 is 13.2 Å². The van der Waals surface area contributed by atoms with Gasteiger partial charge in [-0.05, 0) is 61.4 Å². The molecule has 1 aromatic carbocycles. The van der Waals surface area contributed by atoms with E-state index in [0.717, 1.165) is 24.0 Å². The summed E-state index contributed by atoms with van der Waals surface area (Å²) in [5, 5.41) is 2.05. The molecular weight excluding hydrogens is 342 g/mol. The highest BCUT2D eigenvalue weighted by Crippen LogP contribution is 2.37. The molecule has 1 aliphatic rings. The van der Waals surface area contributed by atoms with Gasteiger partial charge < -0.3 is 4.74 Å². The standard InChI is InChI=1S/C18H23NO3S2/c1-14-5-6-16(12-15(14)2)24(20,21)19-13-18(7-9-22-10-8-18)17-4-3-11-23-17/h3-6,11-12,19H,7-10,13H2,1-2H3. The number of benzene rings is 1. The third kappa shape index (κ3) is 3.57. The second kappa shape index (κ2) is 6.96. The Hall–Kier alpha value is -1.21. The minimum absolute atomic E-state index is 0.167. The summed E-state index contributed by atoms with van der Waals surface area (Å²) in [7, 11) is -3.51. The van der Waals surface area contributed by atoms with Crippen molar-refractivity contribution >= 4 is 21.4 Å². The number of aryl methyl sites for hydroxylation is 2. The molecule has 1 N–H and O–H groups in total. The summed E-state index contributed by atoms with van der Waals surface area (Å²) in [5.41, 5.74) is 1.91. The van der Waals surface area contributed by atoms with Crippen molar-refractivity contribution in [1.82, 2.24) is 4.72 Å². The Bertz CT molecular complexity index is 792. The van der Waals surface area contributed by atoms with Gasteiger partial charge in [-0.15, -0.1) is 11.3 Å². The number of rotatable bonds is 5. The molecule has 2 aromatic rings. The van der Waals surface area contributed by atoms with Crippen LogP contribution in [-0.2, 0) is 20.2 Å². The Morgan fingerprint density at radius 2 is 1.92 bits per heavy atom. The van der Waals surface area contributed by atoms with Crippen LogP contribution in [0.25, 0.3) is 0 Å². The number of sulfonamides is 1. The first-order valence-corrected chi connectivity index (χ1v) is 10.5. The van der Waals surface area contributed by atoms with E-state index in [0.29, 0.717) is 24.7 Å². The van der Waals surface area contributed by atoms with Gasteiger partial charge in [0.15, 0.2) is 0 Å². The van der Waals surface area contributed by atoms with Crippen LogP contribution in [0.1, 0.15) is 28.8 Å². The average Bonchev–Trinajstić information content (AvgIpc) is 3.12. The quantitative estimate of drug-likeness (QED) is 0.884. The van der Waals surface area contributed by atoms with Gasteiger partial charge in [0.1, 0.15) is 0 Å². The Kier molecular flexibility index (Phi) is 5.11. The molecule has 0 spiro atoms. The van der Waals surface area contributed by atoms with Crippen LogP contribution in [0.3, 0.4) is 0 Å². The minimum atomic E-state index is -3.51. The zero-order valence-electron chi connectivity index (χ0n) is 14.0. The molecule has 0 aliphatic carbocycles. The number of ether oxygens (including phenoxy) is 1. The Labute approximate surface area is 147 Å². The van der Waals surface area contributed by atoms with E-state index in [2.05, 4.69) is 10.8 Å². The molecule has 1 fully saturated rings. The normalized spacial score (nSPS) is 17.8. The average molecular weight is 366 g/mol. The monoisotopic (exact) mass is 365 g/mol. The number of hydrogen-bond donors (Lipinski definition) is 1. The number of thiophene rings is 1. The van der Waals surface area contributed by atoms with Crippen LogP contribution >= 0.6 is 11.3 Å². The van der Waals surface area contributed by atoms with Crippen LogP contribution in [0.4, 0.5) is 0 Å². The molecule has 1 aromatic heterocycles. The molecule has 6 heteroatoms. The molecule has 1 aliphatic heterocycles. The summed E-state index contributed by atoms with van der Waals surface area (Å²) >= 11 is 1.69. The van der Waals surface area contributed by atoms with Crippen molar-refractivity contribution in [3.8, 4) is 0 Å². The van der Waals surface area contributed by atoms with Gasteiger partial charge in [0.2, 0.25) is 10.0 Å². The zero-order chi connectivity index (χ0) is 17.2. The van der Waals surface area contributed by atoms with Gasteiger partial charge in [-0.25, -0.2) is 13.1 Å².